The van der Waals surface area contributed by atoms with Gasteiger partial charge in [0, 0.05) is 11.1 Å². The highest BCUT2D eigenvalue weighted by Crippen LogP contribution is 2.27. The first-order valence-electron chi connectivity index (χ1n) is 9.13. The highest BCUT2D eigenvalue weighted by atomic mass is 19.1. The Morgan fingerprint density at radius 1 is 0.967 bits per heavy atom. The maximum Gasteiger partial charge on any atom is 0.264 e. The molecular weight excluding hydrogens is 387 g/mol. The van der Waals surface area contributed by atoms with Crippen LogP contribution in [0.5, 0.6) is 11.5 Å². The van der Waals surface area contributed by atoms with Crippen molar-refractivity contribution in [2.24, 2.45) is 0 Å². The average Bonchev–Trinajstić information content (AvgIpc) is 3.27. The van der Waals surface area contributed by atoms with Gasteiger partial charge < -0.3 is 14.0 Å². The van der Waals surface area contributed by atoms with Crippen LogP contribution in [-0.4, -0.2) is 23.0 Å². The molecular formula is C23H17FN2O4. The Hall–Kier alpha value is -4.00. The second kappa shape index (κ2) is 8.57. The van der Waals surface area contributed by atoms with Crippen LogP contribution < -0.4 is 9.47 Å². The summed E-state index contributed by atoms with van der Waals surface area (Å²) in [7, 11) is 1.58. The number of ketones is 1. The summed E-state index contributed by atoms with van der Waals surface area (Å²) in [6.07, 6.45) is 0. The first-order chi connectivity index (χ1) is 14.6. The Morgan fingerprint density at radius 2 is 1.63 bits per heavy atom. The molecule has 150 valence electrons. The summed E-state index contributed by atoms with van der Waals surface area (Å²) >= 11 is 0. The summed E-state index contributed by atoms with van der Waals surface area (Å²) in [5.74, 6) is 1.33. The van der Waals surface area contributed by atoms with Gasteiger partial charge in [-0.05, 0) is 60.7 Å². The maximum absolute atomic E-state index is 13.0. The third kappa shape index (κ3) is 4.20. The van der Waals surface area contributed by atoms with Gasteiger partial charge in [-0.3, -0.25) is 4.79 Å². The smallest absolute Gasteiger partial charge is 0.264 e. The standard InChI is InChI=1S/C23H17FN2O4/c1-28-20-5-3-2-4-19(20)23-25-21(30-26-23)14-29-18-12-8-16(9-13-18)22(27)15-6-10-17(24)11-7-15/h2-13H,14H2,1H3. The number of nitrogens with zero attached hydrogens (tertiary/aromatic N) is 2. The number of carbonyl (C=O) groups excluding carboxylic acids is 1. The predicted octanol–water partition coefficient (Wildman–Crippen LogP) is 4.69. The van der Waals surface area contributed by atoms with Gasteiger partial charge in [0.1, 0.15) is 17.3 Å². The molecule has 0 saturated heterocycles. The van der Waals surface area contributed by atoms with Crippen LogP contribution in [-0.2, 0) is 6.61 Å². The number of methoxy groups -OCH3 is 1. The van der Waals surface area contributed by atoms with Gasteiger partial charge in [0.05, 0.1) is 12.7 Å². The lowest BCUT2D eigenvalue weighted by molar-refractivity contribution is 0.103. The van der Waals surface area contributed by atoms with Gasteiger partial charge in [-0.25, -0.2) is 4.39 Å². The molecule has 1 heterocycles. The summed E-state index contributed by atoms with van der Waals surface area (Å²) in [6, 6.07) is 19.4. The van der Waals surface area contributed by atoms with Crippen LogP contribution >= 0.6 is 0 Å². The molecule has 0 saturated carbocycles. The van der Waals surface area contributed by atoms with Gasteiger partial charge in [0.25, 0.3) is 5.89 Å². The van der Waals surface area contributed by atoms with E-state index in [0.717, 1.165) is 5.56 Å². The van der Waals surface area contributed by atoms with E-state index in [1.807, 2.05) is 24.3 Å². The van der Waals surface area contributed by atoms with Crippen molar-refractivity contribution in [2.75, 3.05) is 7.11 Å². The Morgan fingerprint density at radius 3 is 2.33 bits per heavy atom. The van der Waals surface area contributed by atoms with Gasteiger partial charge in [-0.2, -0.15) is 4.98 Å². The molecule has 0 spiro atoms. The molecule has 0 unspecified atom stereocenters. The highest BCUT2D eigenvalue weighted by Gasteiger charge is 2.14. The van der Waals surface area contributed by atoms with Gasteiger partial charge in [-0.15, -0.1) is 0 Å². The Labute approximate surface area is 171 Å². The minimum Gasteiger partial charge on any atom is -0.496 e. The van der Waals surface area contributed by atoms with Crippen LogP contribution in [0.3, 0.4) is 0 Å². The molecule has 3 aromatic carbocycles. The molecule has 0 aliphatic carbocycles. The minimum absolute atomic E-state index is 0.0768. The van der Waals surface area contributed by atoms with Crippen molar-refractivity contribution in [3.05, 3.63) is 95.6 Å². The molecule has 4 aromatic rings. The number of halogens is 1. The number of hydrogen-bond acceptors (Lipinski definition) is 6. The van der Waals surface area contributed by atoms with Crippen molar-refractivity contribution < 1.29 is 23.2 Å². The number of carbonyl (C=O) groups is 1. The lowest BCUT2D eigenvalue weighted by Crippen LogP contribution is -2.01. The monoisotopic (exact) mass is 404 g/mol. The van der Waals surface area contributed by atoms with Crippen molar-refractivity contribution in [1.29, 1.82) is 0 Å². The first-order valence-corrected chi connectivity index (χ1v) is 9.13. The average molecular weight is 404 g/mol. The zero-order valence-corrected chi connectivity index (χ0v) is 16.0. The Bertz CT molecular complexity index is 1150. The fraction of sp³-hybridized carbons (Fsp3) is 0.0870. The molecule has 0 fully saturated rings. The van der Waals surface area contributed by atoms with E-state index < -0.39 is 0 Å². The Kier molecular flexibility index (Phi) is 5.52. The highest BCUT2D eigenvalue weighted by molar-refractivity contribution is 6.08. The molecule has 1 aromatic heterocycles. The molecule has 0 amide bonds. The predicted molar refractivity (Wildman–Crippen MR) is 107 cm³/mol. The summed E-state index contributed by atoms with van der Waals surface area (Å²) < 4.78 is 29.2. The maximum atomic E-state index is 13.0. The molecule has 4 rings (SSSR count). The summed E-state index contributed by atoms with van der Waals surface area (Å²) in [6.45, 7) is 0.0768. The number of hydrogen-bond donors (Lipinski definition) is 0. The summed E-state index contributed by atoms with van der Waals surface area (Å²) in [5, 5.41) is 3.97. The van der Waals surface area contributed by atoms with E-state index in [4.69, 9.17) is 14.0 Å². The lowest BCUT2D eigenvalue weighted by Gasteiger charge is -2.05. The van der Waals surface area contributed by atoms with Crippen LogP contribution in [0.1, 0.15) is 21.8 Å². The van der Waals surface area contributed by atoms with Crippen molar-refractivity contribution in [1.82, 2.24) is 10.1 Å². The van der Waals surface area contributed by atoms with E-state index in [-0.39, 0.29) is 18.2 Å². The number of aromatic nitrogens is 2. The molecule has 30 heavy (non-hydrogen) atoms. The molecule has 0 aliphatic rings. The second-order valence-electron chi connectivity index (χ2n) is 6.36. The third-order valence-corrected chi connectivity index (χ3v) is 4.40. The fourth-order valence-electron chi connectivity index (χ4n) is 2.87. The van der Waals surface area contributed by atoms with Crippen LogP contribution in [0.4, 0.5) is 4.39 Å². The molecule has 7 heteroatoms. The minimum atomic E-state index is -0.384. The molecule has 0 atom stereocenters. The molecule has 0 aliphatic heterocycles. The zero-order chi connectivity index (χ0) is 20.9. The van der Waals surface area contributed by atoms with Crippen LogP contribution in [0.15, 0.2) is 77.3 Å². The van der Waals surface area contributed by atoms with E-state index in [0.29, 0.717) is 34.3 Å². The molecule has 6 nitrogen and oxygen atoms in total. The first kappa shape index (κ1) is 19.3. The number of benzene rings is 3. The van der Waals surface area contributed by atoms with Gasteiger partial charge >= 0.3 is 0 Å². The van der Waals surface area contributed by atoms with E-state index in [9.17, 15) is 9.18 Å². The van der Waals surface area contributed by atoms with Crippen LogP contribution in [0.2, 0.25) is 0 Å². The zero-order valence-electron chi connectivity index (χ0n) is 16.0. The summed E-state index contributed by atoms with van der Waals surface area (Å²) in [5.41, 5.74) is 1.61. The number of ether oxygens (including phenoxy) is 2. The number of para-hydroxylation sites is 1. The lowest BCUT2D eigenvalue weighted by atomic mass is 10.0. The van der Waals surface area contributed by atoms with E-state index in [2.05, 4.69) is 10.1 Å². The normalized spacial score (nSPS) is 10.6. The molecule has 0 radical (unpaired) electrons. The Balaban J connectivity index is 1.41. The van der Waals surface area contributed by atoms with Crippen molar-refractivity contribution in [3.8, 4) is 22.9 Å². The van der Waals surface area contributed by atoms with Gasteiger partial charge in [0.2, 0.25) is 5.82 Å². The van der Waals surface area contributed by atoms with Crippen LogP contribution in [0.25, 0.3) is 11.4 Å². The summed E-state index contributed by atoms with van der Waals surface area (Å²) in [4.78, 5) is 16.8. The SMILES string of the molecule is COc1ccccc1-c1noc(COc2ccc(C(=O)c3ccc(F)cc3)cc2)n1. The quantitative estimate of drug-likeness (QED) is 0.416. The molecule has 0 N–H and O–H groups in total. The van der Waals surface area contributed by atoms with Gasteiger partial charge in [0.15, 0.2) is 12.4 Å². The third-order valence-electron chi connectivity index (χ3n) is 4.40. The van der Waals surface area contributed by atoms with Crippen molar-refractivity contribution in [2.45, 2.75) is 6.61 Å². The largest absolute Gasteiger partial charge is 0.496 e. The second-order valence-corrected chi connectivity index (χ2v) is 6.36. The van der Waals surface area contributed by atoms with E-state index >= 15 is 0 Å². The number of rotatable bonds is 7. The van der Waals surface area contributed by atoms with Crippen molar-refractivity contribution >= 4 is 5.78 Å². The molecule has 0 bridgehead atoms. The van der Waals surface area contributed by atoms with Crippen LogP contribution in [0, 0.1) is 5.82 Å². The van der Waals surface area contributed by atoms with E-state index in [1.165, 1.54) is 24.3 Å². The van der Waals surface area contributed by atoms with Crippen molar-refractivity contribution in [3.63, 3.8) is 0 Å². The van der Waals surface area contributed by atoms with E-state index in [1.54, 1.807) is 31.4 Å². The topological polar surface area (TPSA) is 74.5 Å². The fourth-order valence-corrected chi connectivity index (χ4v) is 2.87. The van der Waals surface area contributed by atoms with Gasteiger partial charge in [-0.1, -0.05) is 17.3 Å².